The van der Waals surface area contributed by atoms with Gasteiger partial charge in [0.25, 0.3) is 0 Å². The van der Waals surface area contributed by atoms with Crippen molar-refractivity contribution in [1.82, 2.24) is 8.75 Å². The first kappa shape index (κ1) is 46.1. The van der Waals surface area contributed by atoms with Crippen LogP contribution in [0.5, 0.6) is 0 Å². The van der Waals surface area contributed by atoms with Crippen molar-refractivity contribution in [2.24, 2.45) is 0 Å². The molecule has 6 heteroatoms. The van der Waals surface area contributed by atoms with Crippen LogP contribution in [0.3, 0.4) is 0 Å². The summed E-state index contributed by atoms with van der Waals surface area (Å²) in [6, 6.07) is 28.1. The van der Waals surface area contributed by atoms with E-state index >= 15 is 0 Å². The fraction of sp³-hybridized carbons (Fsp3) is 0.433. The Morgan fingerprint density at radius 2 is 0.803 bits per heavy atom. The van der Waals surface area contributed by atoms with Gasteiger partial charge < -0.3 is 9.44 Å². The number of hydrogen-bond donors (Lipinski definition) is 2. The molecule has 0 atom stereocenters. The minimum Gasteiger partial charge on any atom is -0.310 e. The molecule has 0 amide bonds. The fourth-order valence-corrected chi connectivity index (χ4v) is 13.3. The van der Waals surface area contributed by atoms with Gasteiger partial charge in [0.05, 0.1) is 35.2 Å². The third-order valence-electron chi connectivity index (χ3n) is 15.5. The van der Waals surface area contributed by atoms with Crippen LogP contribution in [-0.2, 0) is 10.8 Å². The predicted octanol–water partition coefficient (Wildman–Crippen LogP) is 17.8. The summed E-state index contributed by atoms with van der Waals surface area (Å²) in [5, 5.41) is 0. The van der Waals surface area contributed by atoms with Gasteiger partial charge >= 0.3 is 0 Å². The molecule has 9 rings (SSSR count). The molecule has 4 nitrogen and oxygen atoms in total. The number of hydrogen-bond acceptors (Lipinski definition) is 6. The highest BCUT2D eigenvalue weighted by atomic mass is 32.2. The van der Waals surface area contributed by atoms with Crippen molar-refractivity contribution < 1.29 is 0 Å². The third-order valence-corrected chi connectivity index (χ3v) is 16.6. The molecule has 1 aliphatic heterocycles. The average Bonchev–Trinajstić information content (AvgIpc) is 4.14. The van der Waals surface area contributed by atoms with Crippen LogP contribution in [0, 0.1) is 24.7 Å². The minimum atomic E-state index is -0.0967. The van der Waals surface area contributed by atoms with Gasteiger partial charge in [-0.1, -0.05) is 179 Å². The second kappa shape index (κ2) is 20.5. The molecule has 340 valence electrons. The highest BCUT2D eigenvalue weighted by molar-refractivity contribution is 8.02. The quantitative estimate of drug-likeness (QED) is 0.0404. The van der Waals surface area contributed by atoms with Gasteiger partial charge in [-0.15, -0.1) is 12.8 Å². The Hall–Kier alpha value is -5.01. The Balaban J connectivity index is 1.19. The number of terminal acetylenes is 2. The van der Waals surface area contributed by atoms with Crippen LogP contribution in [0.4, 0.5) is 11.4 Å². The van der Waals surface area contributed by atoms with E-state index in [1.54, 1.807) is 12.1 Å². The van der Waals surface area contributed by atoms with E-state index in [1.807, 2.05) is 0 Å². The Kier molecular flexibility index (Phi) is 14.3. The van der Waals surface area contributed by atoms with Crippen molar-refractivity contribution in [3.05, 3.63) is 106 Å². The maximum Gasteiger partial charge on any atom is 0.115 e. The summed E-state index contributed by atoms with van der Waals surface area (Å²) < 4.78 is 17.9. The van der Waals surface area contributed by atoms with Gasteiger partial charge in [0.1, 0.15) is 11.0 Å². The summed E-state index contributed by atoms with van der Waals surface area (Å²) in [4.78, 5) is 0. The van der Waals surface area contributed by atoms with Crippen LogP contribution in [0.15, 0.2) is 72.8 Å². The smallest absolute Gasteiger partial charge is 0.115 e. The first-order valence-corrected chi connectivity index (χ1v) is 27.0. The lowest BCUT2D eigenvalue weighted by molar-refractivity contribution is 0.401. The van der Waals surface area contributed by atoms with Gasteiger partial charge in [0.2, 0.25) is 0 Å². The van der Waals surface area contributed by atoms with Crippen molar-refractivity contribution in [3.8, 4) is 69.2 Å². The van der Waals surface area contributed by atoms with Gasteiger partial charge in [-0.2, -0.15) is 8.75 Å². The van der Waals surface area contributed by atoms with Crippen molar-refractivity contribution in [3.63, 3.8) is 0 Å². The average molecular weight is 909 g/mol. The minimum absolute atomic E-state index is 0.0967. The van der Waals surface area contributed by atoms with E-state index in [0.29, 0.717) is 0 Å². The summed E-state index contributed by atoms with van der Waals surface area (Å²) in [7, 11) is 0. The summed E-state index contributed by atoms with van der Waals surface area (Å²) in [5.41, 5.74) is 21.6. The third kappa shape index (κ3) is 8.26. The highest BCUT2D eigenvalue weighted by Gasteiger charge is 2.45. The molecule has 0 spiro atoms. The Labute approximate surface area is 404 Å². The first-order chi connectivity index (χ1) is 32.5. The van der Waals surface area contributed by atoms with E-state index in [9.17, 15) is 0 Å². The predicted molar refractivity (Wildman–Crippen MR) is 286 cm³/mol. The fourth-order valence-electron chi connectivity index (χ4n) is 12.1. The van der Waals surface area contributed by atoms with E-state index in [2.05, 4.69) is 122 Å². The van der Waals surface area contributed by atoms with E-state index in [-0.39, 0.29) is 10.8 Å². The van der Waals surface area contributed by atoms with E-state index in [1.165, 1.54) is 170 Å². The molecule has 2 aliphatic carbocycles. The van der Waals surface area contributed by atoms with E-state index in [0.717, 1.165) is 70.3 Å². The zero-order chi connectivity index (χ0) is 45.7. The topological polar surface area (TPSA) is 49.8 Å². The van der Waals surface area contributed by atoms with Crippen molar-refractivity contribution >= 4 is 46.3 Å². The van der Waals surface area contributed by atoms with E-state index < -0.39 is 0 Å². The largest absolute Gasteiger partial charge is 0.310 e. The van der Waals surface area contributed by atoms with Crippen LogP contribution in [0.2, 0.25) is 0 Å². The van der Waals surface area contributed by atoms with Crippen LogP contribution < -0.4 is 9.44 Å². The molecular formula is C60H68N4S2. The lowest BCUT2D eigenvalue weighted by Gasteiger charge is -2.33. The number of anilines is 2. The number of unbranched alkanes of at least 4 members (excludes halogenated alkanes) is 12. The molecule has 0 unspecified atom stereocenters. The van der Waals surface area contributed by atoms with Gasteiger partial charge in [-0.05, 0) is 118 Å². The summed E-state index contributed by atoms with van der Waals surface area (Å²) in [5.74, 6) is 5.98. The highest BCUT2D eigenvalue weighted by Crippen LogP contribution is 2.59. The number of fused-ring (bicyclic) bond motifs is 8. The van der Waals surface area contributed by atoms with Crippen molar-refractivity contribution in [2.45, 2.75) is 167 Å². The monoisotopic (exact) mass is 908 g/mol. The van der Waals surface area contributed by atoms with Crippen molar-refractivity contribution in [2.75, 3.05) is 9.44 Å². The zero-order valence-corrected chi connectivity index (χ0v) is 41.6. The molecule has 0 saturated heterocycles. The maximum atomic E-state index is 6.11. The van der Waals surface area contributed by atoms with Crippen molar-refractivity contribution in [1.29, 1.82) is 0 Å². The SMILES string of the molecule is C#Cc1ccc2c(c1)C(CCCCCC)(CCCCCC)c1cc(-c3c4c(c(-c5ccc6c(c5)C(CCCCCC)(CCCCCC)c5cc(C#C)ccc5-6)c5nsnc35)NSN4)ccc1-2. The number of aromatic nitrogens is 2. The normalized spacial score (nSPS) is 14.5. The van der Waals surface area contributed by atoms with E-state index in [4.69, 9.17) is 21.6 Å². The summed E-state index contributed by atoms with van der Waals surface area (Å²) in [6.07, 6.45) is 36.5. The molecule has 0 bridgehead atoms. The Bertz CT molecular complexity index is 2590. The molecule has 1 aromatic heterocycles. The molecule has 0 radical (unpaired) electrons. The molecule has 2 heterocycles. The van der Waals surface area contributed by atoms with Gasteiger partial charge in [0.15, 0.2) is 0 Å². The summed E-state index contributed by atoms with van der Waals surface area (Å²) >= 11 is 2.87. The first-order valence-electron chi connectivity index (χ1n) is 25.5. The second-order valence-electron chi connectivity index (χ2n) is 19.5. The Morgan fingerprint density at radius 1 is 0.455 bits per heavy atom. The van der Waals surface area contributed by atoms with Gasteiger partial charge in [-0.3, -0.25) is 0 Å². The number of nitrogens with one attached hydrogen (secondary N) is 2. The lowest BCUT2D eigenvalue weighted by Crippen LogP contribution is -2.26. The molecule has 0 fully saturated rings. The molecule has 0 saturated carbocycles. The molecule has 66 heavy (non-hydrogen) atoms. The summed E-state index contributed by atoms with van der Waals surface area (Å²) in [6.45, 7) is 9.23. The number of nitrogens with zero attached hydrogens (tertiary/aromatic N) is 2. The maximum absolute atomic E-state index is 6.11. The second-order valence-corrected chi connectivity index (χ2v) is 20.6. The Morgan fingerprint density at radius 3 is 1.15 bits per heavy atom. The molecule has 6 aromatic rings. The molecule has 3 aliphatic rings. The van der Waals surface area contributed by atoms with Gasteiger partial charge in [0, 0.05) is 33.1 Å². The van der Waals surface area contributed by atoms with Crippen LogP contribution >= 0.6 is 23.9 Å². The lowest BCUT2D eigenvalue weighted by atomic mass is 9.70. The number of rotatable bonds is 22. The standard InChI is InChI=1S/C60H68N4S2/c1-7-13-17-21-33-59(34-22-18-14-8-2)49-37-41(11-5)25-29-45(49)47-31-27-43(39-51(47)59)53-55-57(63-65-61-55)54(58-56(53)62-66-64-58)44-28-32-48-46-30-26-42(12-6)38-50(46)60(52(48)40-44,35-23-19-15-9-3)36-24-20-16-10-4/h5-6,25-32,37-40,61,63H,7-10,13-24,33-36H2,1-4H3. The van der Waals surface area contributed by atoms with Crippen LogP contribution in [0.1, 0.15) is 189 Å². The molecular weight excluding hydrogens is 841 g/mol. The van der Waals surface area contributed by atoms with Gasteiger partial charge in [-0.25, -0.2) is 0 Å². The molecule has 5 aromatic carbocycles. The molecule has 2 N–H and O–H groups in total. The zero-order valence-electron chi connectivity index (χ0n) is 39.9. The van der Waals surface area contributed by atoms with Crippen LogP contribution in [-0.4, -0.2) is 8.75 Å². The number of benzene rings is 5. The van der Waals surface area contributed by atoms with Crippen LogP contribution in [0.25, 0.3) is 55.5 Å².